The lowest BCUT2D eigenvalue weighted by Crippen LogP contribution is -2.29. The van der Waals surface area contributed by atoms with Crippen LogP contribution in [-0.4, -0.2) is 22.7 Å². The van der Waals surface area contributed by atoms with Crippen molar-refractivity contribution < 1.29 is 0 Å². The number of thiophene rings is 1. The van der Waals surface area contributed by atoms with Gasteiger partial charge in [-0.2, -0.15) is 0 Å². The molecule has 0 saturated heterocycles. The molecule has 6 heteroatoms. The van der Waals surface area contributed by atoms with Crippen molar-refractivity contribution in [2.75, 3.05) is 23.8 Å². The monoisotopic (exact) mass is 284 g/mol. The van der Waals surface area contributed by atoms with Gasteiger partial charge < -0.3 is 10.7 Å². The van der Waals surface area contributed by atoms with Gasteiger partial charge in [-0.25, -0.2) is 9.66 Å². The topological polar surface area (TPSA) is 41.9 Å². The van der Waals surface area contributed by atoms with Gasteiger partial charge in [0.1, 0.15) is 5.69 Å². The second-order valence-corrected chi connectivity index (χ2v) is 5.72. The smallest absolute Gasteiger partial charge is 0.222 e. The first kappa shape index (κ1) is 9.23. The fraction of sp³-hybridized carbons (Fsp3) is 0.222. The summed E-state index contributed by atoms with van der Waals surface area (Å²) in [5.41, 5.74) is 4.25. The molecule has 1 aliphatic heterocycles. The summed E-state index contributed by atoms with van der Waals surface area (Å²) in [4.78, 5) is 5.69. The number of anilines is 1. The maximum atomic E-state index is 4.51. The Morgan fingerprint density at radius 3 is 3.07 bits per heavy atom. The lowest BCUT2D eigenvalue weighted by Gasteiger charge is -2.16. The quantitative estimate of drug-likeness (QED) is 0.845. The average molecular weight is 285 g/mol. The fourth-order valence-corrected chi connectivity index (χ4v) is 2.89. The molecule has 0 saturated carbocycles. The Labute approximate surface area is 99.4 Å². The molecule has 1 aliphatic rings. The fourth-order valence-electron chi connectivity index (χ4n) is 1.55. The SMILES string of the molecule is Brc1ccc(-c2cn3c(n2)NCCN3)s1. The molecule has 0 aromatic carbocycles. The molecule has 2 N–H and O–H groups in total. The molecule has 15 heavy (non-hydrogen) atoms. The van der Waals surface area contributed by atoms with Crippen molar-refractivity contribution in [2.45, 2.75) is 0 Å². The van der Waals surface area contributed by atoms with E-state index in [1.165, 1.54) is 4.88 Å². The first-order valence-corrected chi connectivity index (χ1v) is 6.27. The lowest BCUT2D eigenvalue weighted by molar-refractivity contribution is 0.793. The van der Waals surface area contributed by atoms with Gasteiger partial charge in [0.15, 0.2) is 0 Å². The number of rotatable bonds is 1. The zero-order valence-corrected chi connectivity index (χ0v) is 10.2. The summed E-state index contributed by atoms with van der Waals surface area (Å²) in [5.74, 6) is 0.890. The molecule has 78 valence electrons. The number of aromatic nitrogens is 2. The van der Waals surface area contributed by atoms with Gasteiger partial charge in [-0.15, -0.1) is 11.3 Å². The highest BCUT2D eigenvalue weighted by molar-refractivity contribution is 9.11. The zero-order chi connectivity index (χ0) is 10.3. The first-order chi connectivity index (χ1) is 7.33. The predicted molar refractivity (Wildman–Crippen MR) is 66.0 cm³/mol. The third kappa shape index (κ3) is 1.63. The van der Waals surface area contributed by atoms with Crippen molar-refractivity contribution in [2.24, 2.45) is 0 Å². The number of nitrogens with one attached hydrogen (secondary N) is 2. The average Bonchev–Trinajstić information content (AvgIpc) is 2.82. The molecule has 0 atom stereocenters. The van der Waals surface area contributed by atoms with Crippen LogP contribution in [0.25, 0.3) is 10.6 Å². The van der Waals surface area contributed by atoms with Gasteiger partial charge >= 0.3 is 0 Å². The highest BCUT2D eigenvalue weighted by atomic mass is 79.9. The van der Waals surface area contributed by atoms with Crippen molar-refractivity contribution in [1.82, 2.24) is 9.66 Å². The minimum atomic E-state index is 0.890. The summed E-state index contributed by atoms with van der Waals surface area (Å²) in [6.07, 6.45) is 2.01. The van der Waals surface area contributed by atoms with E-state index in [1.54, 1.807) is 11.3 Å². The first-order valence-electron chi connectivity index (χ1n) is 4.66. The predicted octanol–water partition coefficient (Wildman–Crippen LogP) is 2.34. The summed E-state index contributed by atoms with van der Waals surface area (Å²) in [7, 11) is 0. The van der Waals surface area contributed by atoms with Crippen LogP contribution in [0, 0.1) is 0 Å². The second kappa shape index (κ2) is 3.53. The summed E-state index contributed by atoms with van der Waals surface area (Å²) in [5, 5.41) is 3.24. The van der Waals surface area contributed by atoms with Crippen LogP contribution in [-0.2, 0) is 0 Å². The Morgan fingerprint density at radius 1 is 1.40 bits per heavy atom. The van der Waals surface area contributed by atoms with Crippen molar-refractivity contribution >= 4 is 33.2 Å². The highest BCUT2D eigenvalue weighted by Gasteiger charge is 2.13. The lowest BCUT2D eigenvalue weighted by atomic mass is 10.4. The number of hydrogen-bond acceptors (Lipinski definition) is 4. The van der Waals surface area contributed by atoms with E-state index in [0.29, 0.717) is 0 Å². The minimum absolute atomic E-state index is 0.890. The minimum Gasteiger partial charge on any atom is -0.352 e. The molecule has 0 fully saturated rings. The largest absolute Gasteiger partial charge is 0.352 e. The van der Waals surface area contributed by atoms with Gasteiger partial charge in [0.2, 0.25) is 5.95 Å². The van der Waals surface area contributed by atoms with Crippen LogP contribution in [0.5, 0.6) is 0 Å². The molecule has 0 spiro atoms. The van der Waals surface area contributed by atoms with E-state index in [9.17, 15) is 0 Å². The number of nitrogens with zero attached hydrogens (tertiary/aromatic N) is 2. The molecule has 0 bridgehead atoms. The number of hydrogen-bond donors (Lipinski definition) is 2. The second-order valence-electron chi connectivity index (χ2n) is 3.26. The van der Waals surface area contributed by atoms with Gasteiger partial charge in [-0.05, 0) is 28.1 Å². The summed E-state index contributed by atoms with van der Waals surface area (Å²) in [6, 6.07) is 4.11. The van der Waals surface area contributed by atoms with Crippen LogP contribution in [0.15, 0.2) is 22.1 Å². The van der Waals surface area contributed by atoms with Crippen molar-refractivity contribution in [3.63, 3.8) is 0 Å². The molecular weight excluding hydrogens is 276 g/mol. The van der Waals surface area contributed by atoms with E-state index in [0.717, 1.165) is 28.5 Å². The van der Waals surface area contributed by atoms with E-state index in [1.807, 2.05) is 16.9 Å². The Bertz CT molecular complexity index is 467. The van der Waals surface area contributed by atoms with Crippen LogP contribution in [0.4, 0.5) is 5.95 Å². The van der Waals surface area contributed by atoms with Crippen LogP contribution in [0.1, 0.15) is 0 Å². The van der Waals surface area contributed by atoms with E-state index in [2.05, 4.69) is 37.7 Å². The van der Waals surface area contributed by atoms with E-state index in [-0.39, 0.29) is 0 Å². The maximum Gasteiger partial charge on any atom is 0.222 e. The van der Waals surface area contributed by atoms with Gasteiger partial charge in [-0.1, -0.05) is 0 Å². The molecule has 3 heterocycles. The molecule has 4 nitrogen and oxygen atoms in total. The molecule has 0 radical (unpaired) electrons. The van der Waals surface area contributed by atoms with Gasteiger partial charge in [-0.3, -0.25) is 0 Å². The van der Waals surface area contributed by atoms with Gasteiger partial charge in [0.25, 0.3) is 0 Å². The molecule has 2 aromatic heterocycles. The normalized spacial score (nSPS) is 14.2. The number of fused-ring (bicyclic) bond motifs is 1. The third-order valence-electron chi connectivity index (χ3n) is 2.22. The van der Waals surface area contributed by atoms with Gasteiger partial charge in [0, 0.05) is 13.1 Å². The number of halogens is 1. The van der Waals surface area contributed by atoms with E-state index >= 15 is 0 Å². The van der Waals surface area contributed by atoms with Crippen molar-refractivity contribution in [3.05, 3.63) is 22.1 Å². The third-order valence-corrected chi connectivity index (χ3v) is 3.87. The Morgan fingerprint density at radius 2 is 2.33 bits per heavy atom. The molecule has 0 amide bonds. The molecule has 0 unspecified atom stereocenters. The van der Waals surface area contributed by atoms with Crippen LogP contribution in [0.3, 0.4) is 0 Å². The van der Waals surface area contributed by atoms with Crippen molar-refractivity contribution in [1.29, 1.82) is 0 Å². The Kier molecular flexibility index (Phi) is 2.17. The van der Waals surface area contributed by atoms with Gasteiger partial charge in [0.05, 0.1) is 14.9 Å². The molecule has 0 aliphatic carbocycles. The Hall–Kier alpha value is -1.01. The Balaban J connectivity index is 2.02. The maximum absolute atomic E-state index is 4.51. The summed E-state index contributed by atoms with van der Waals surface area (Å²) >= 11 is 5.14. The van der Waals surface area contributed by atoms with E-state index in [4.69, 9.17) is 0 Å². The molecular formula is C9H9BrN4S. The zero-order valence-electron chi connectivity index (χ0n) is 7.83. The molecule has 2 aromatic rings. The summed E-state index contributed by atoms with van der Waals surface area (Å²) in [6.45, 7) is 1.85. The standard InChI is InChI=1S/C9H9BrN4S/c10-8-2-1-7(15-8)6-5-14-9(13-6)11-3-4-12-14/h1-2,5,12H,3-4H2,(H,11,13). The van der Waals surface area contributed by atoms with Crippen LogP contribution < -0.4 is 10.7 Å². The molecule has 3 rings (SSSR count). The number of imidazole rings is 1. The summed E-state index contributed by atoms with van der Waals surface area (Å²) < 4.78 is 3.07. The van der Waals surface area contributed by atoms with Crippen LogP contribution >= 0.6 is 27.3 Å². The van der Waals surface area contributed by atoms with E-state index < -0.39 is 0 Å². The van der Waals surface area contributed by atoms with Crippen LogP contribution in [0.2, 0.25) is 0 Å². The van der Waals surface area contributed by atoms with Crippen molar-refractivity contribution in [3.8, 4) is 10.6 Å². The highest BCUT2D eigenvalue weighted by Crippen LogP contribution is 2.31.